The number of carbonyl (C=O) groups excluding carboxylic acids is 3. The molecule has 0 atom stereocenters. The zero-order valence-electron chi connectivity index (χ0n) is 17.5. The average Bonchev–Trinajstić information content (AvgIpc) is 2.98. The van der Waals surface area contributed by atoms with Crippen molar-refractivity contribution in [1.29, 1.82) is 0 Å². The van der Waals surface area contributed by atoms with E-state index < -0.39 is 17.1 Å². The van der Waals surface area contributed by atoms with Gasteiger partial charge in [-0.2, -0.15) is 0 Å². The number of halogens is 1. The van der Waals surface area contributed by atoms with Gasteiger partial charge in [-0.1, -0.05) is 37.6 Å². The fourth-order valence-electron chi connectivity index (χ4n) is 2.99. The summed E-state index contributed by atoms with van der Waals surface area (Å²) in [5.41, 5.74) is 2.35. The van der Waals surface area contributed by atoms with Crippen LogP contribution >= 0.6 is 23.4 Å². The van der Waals surface area contributed by atoms with Crippen LogP contribution in [0.15, 0.2) is 47.4 Å². The number of nitrogens with zero attached hydrogens (tertiary/aromatic N) is 1. The lowest BCUT2D eigenvalue weighted by atomic mass is 10.0. The van der Waals surface area contributed by atoms with Crippen molar-refractivity contribution in [2.45, 2.75) is 26.7 Å². The second-order valence-corrected chi connectivity index (χ2v) is 8.64. The molecule has 0 radical (unpaired) electrons. The molecule has 0 bridgehead atoms. The highest BCUT2D eigenvalue weighted by Crippen LogP contribution is 2.34. The van der Waals surface area contributed by atoms with Crippen LogP contribution in [0.4, 0.5) is 10.5 Å². The molecule has 1 N–H and O–H groups in total. The number of benzene rings is 2. The predicted octanol–water partition coefficient (Wildman–Crippen LogP) is 5.54. The van der Waals surface area contributed by atoms with E-state index in [9.17, 15) is 14.4 Å². The van der Waals surface area contributed by atoms with Crippen molar-refractivity contribution in [3.8, 4) is 5.75 Å². The highest BCUT2D eigenvalue weighted by Gasteiger charge is 2.36. The first kappa shape index (κ1) is 22.9. The lowest BCUT2D eigenvalue weighted by molar-refractivity contribution is -0.127. The van der Waals surface area contributed by atoms with Crippen LogP contribution in [0.5, 0.6) is 5.75 Å². The Morgan fingerprint density at radius 3 is 2.55 bits per heavy atom. The van der Waals surface area contributed by atoms with Crippen molar-refractivity contribution in [2.24, 2.45) is 0 Å². The van der Waals surface area contributed by atoms with Crippen molar-refractivity contribution in [3.63, 3.8) is 0 Å². The molecule has 0 unspecified atom stereocenters. The van der Waals surface area contributed by atoms with Crippen molar-refractivity contribution in [3.05, 3.63) is 63.5 Å². The maximum Gasteiger partial charge on any atom is 0.294 e. The third-order valence-electron chi connectivity index (χ3n) is 4.59. The number of ether oxygens (including phenoxy) is 1. The van der Waals surface area contributed by atoms with E-state index >= 15 is 0 Å². The number of hydrogen-bond acceptors (Lipinski definition) is 5. The molecule has 1 fully saturated rings. The van der Waals surface area contributed by atoms with E-state index in [0.717, 1.165) is 22.2 Å². The van der Waals surface area contributed by atoms with Gasteiger partial charge in [0.1, 0.15) is 12.3 Å². The monoisotopic (exact) mass is 458 g/mol. The largest absolute Gasteiger partial charge is 0.493 e. The van der Waals surface area contributed by atoms with E-state index in [0.29, 0.717) is 34.5 Å². The molecule has 3 amide bonds. The quantitative estimate of drug-likeness (QED) is 0.551. The third kappa shape index (κ3) is 5.68. The lowest BCUT2D eigenvalue weighted by Gasteiger charge is -2.13. The minimum atomic E-state index is -0.525. The third-order valence-corrected chi connectivity index (χ3v) is 5.74. The van der Waals surface area contributed by atoms with E-state index in [-0.39, 0.29) is 11.4 Å². The van der Waals surface area contributed by atoms with E-state index in [1.165, 1.54) is 0 Å². The van der Waals surface area contributed by atoms with Crippen molar-refractivity contribution >= 4 is 52.2 Å². The zero-order valence-corrected chi connectivity index (χ0v) is 19.0. The summed E-state index contributed by atoms with van der Waals surface area (Å²) in [6.07, 6.45) is 1.56. The summed E-state index contributed by atoms with van der Waals surface area (Å²) in [7, 11) is 0. The summed E-state index contributed by atoms with van der Waals surface area (Å²) < 4.78 is 5.56. The molecule has 3 rings (SSSR count). The normalized spacial score (nSPS) is 15.1. The Kier molecular flexibility index (Phi) is 7.41. The maximum atomic E-state index is 12.7. The van der Waals surface area contributed by atoms with Crippen LogP contribution in [-0.4, -0.2) is 35.1 Å². The molecule has 1 aliphatic rings. The molecule has 8 heteroatoms. The molecular formula is C23H23ClN2O4S. The molecule has 1 aliphatic heterocycles. The Morgan fingerprint density at radius 1 is 1.19 bits per heavy atom. The summed E-state index contributed by atoms with van der Waals surface area (Å²) in [4.78, 5) is 38.6. The Labute approximate surface area is 190 Å². The van der Waals surface area contributed by atoms with Gasteiger partial charge in [0.05, 0.1) is 11.5 Å². The first-order valence-electron chi connectivity index (χ1n) is 9.86. The van der Waals surface area contributed by atoms with Gasteiger partial charge < -0.3 is 10.1 Å². The van der Waals surface area contributed by atoms with Gasteiger partial charge >= 0.3 is 0 Å². The molecule has 31 heavy (non-hydrogen) atoms. The summed E-state index contributed by atoms with van der Waals surface area (Å²) >= 11 is 6.84. The van der Waals surface area contributed by atoms with Gasteiger partial charge in [0.15, 0.2) is 0 Å². The van der Waals surface area contributed by atoms with E-state index in [1.807, 2.05) is 19.1 Å². The highest BCUT2D eigenvalue weighted by atomic mass is 35.5. The molecule has 1 heterocycles. The number of rotatable bonds is 7. The Balaban J connectivity index is 1.71. The number of imide groups is 1. The standard InChI is InChI=1S/C23H23ClN2O4S/c1-4-30-19-10-7-17(24)11-16(19)12-20-22(28)26(23(29)31-20)13-21(27)25-18-8-5-15(6-9-18)14(2)3/h5-12,14H,4,13H2,1-3H3,(H,25,27)/b20-12+. The molecule has 6 nitrogen and oxygen atoms in total. The smallest absolute Gasteiger partial charge is 0.294 e. The van der Waals surface area contributed by atoms with E-state index in [1.54, 1.807) is 36.4 Å². The minimum absolute atomic E-state index is 0.210. The first-order valence-corrected chi connectivity index (χ1v) is 11.1. The molecule has 0 aromatic heterocycles. The Morgan fingerprint density at radius 2 is 1.90 bits per heavy atom. The number of carbonyl (C=O) groups is 3. The maximum absolute atomic E-state index is 12.7. The van der Waals surface area contributed by atoms with Crippen molar-refractivity contribution < 1.29 is 19.1 Å². The average molecular weight is 459 g/mol. The molecule has 0 saturated carbocycles. The summed E-state index contributed by atoms with van der Waals surface area (Å²) in [5.74, 6) is -0.0304. The van der Waals surface area contributed by atoms with Crippen LogP contribution in [0.25, 0.3) is 6.08 Å². The fraction of sp³-hybridized carbons (Fsp3) is 0.261. The van der Waals surface area contributed by atoms with Crippen molar-refractivity contribution in [2.75, 3.05) is 18.5 Å². The topological polar surface area (TPSA) is 75.7 Å². The fourth-order valence-corrected chi connectivity index (χ4v) is 4.00. The van der Waals surface area contributed by atoms with Gasteiger partial charge in [0.25, 0.3) is 11.1 Å². The van der Waals surface area contributed by atoms with Crippen LogP contribution in [0.1, 0.15) is 37.8 Å². The number of anilines is 1. The van der Waals surface area contributed by atoms with Crippen LogP contribution in [0.2, 0.25) is 5.02 Å². The predicted molar refractivity (Wildman–Crippen MR) is 124 cm³/mol. The van der Waals surface area contributed by atoms with Crippen LogP contribution in [0.3, 0.4) is 0 Å². The summed E-state index contributed by atoms with van der Waals surface area (Å²) in [5, 5.41) is 2.71. The first-order chi connectivity index (χ1) is 14.8. The number of hydrogen-bond donors (Lipinski definition) is 1. The number of amides is 3. The second kappa shape index (κ2) is 10.0. The summed E-state index contributed by atoms with van der Waals surface area (Å²) in [6.45, 7) is 6.11. The molecule has 2 aromatic carbocycles. The van der Waals surface area contributed by atoms with Gasteiger partial charge in [-0.25, -0.2) is 0 Å². The van der Waals surface area contributed by atoms with Gasteiger partial charge in [0.2, 0.25) is 5.91 Å². The molecule has 162 valence electrons. The van der Waals surface area contributed by atoms with Crippen molar-refractivity contribution in [1.82, 2.24) is 4.90 Å². The minimum Gasteiger partial charge on any atom is -0.493 e. The number of nitrogens with one attached hydrogen (secondary N) is 1. The van der Waals surface area contributed by atoms with Gasteiger partial charge in [-0.15, -0.1) is 0 Å². The highest BCUT2D eigenvalue weighted by molar-refractivity contribution is 8.18. The van der Waals surface area contributed by atoms with E-state index in [4.69, 9.17) is 16.3 Å². The Hall–Kier alpha value is -2.77. The lowest BCUT2D eigenvalue weighted by Crippen LogP contribution is -2.36. The van der Waals surface area contributed by atoms with Crippen LogP contribution < -0.4 is 10.1 Å². The Bertz CT molecular complexity index is 1030. The van der Waals surface area contributed by atoms with Gasteiger partial charge in [0, 0.05) is 16.3 Å². The molecular weight excluding hydrogens is 436 g/mol. The molecule has 1 saturated heterocycles. The second-order valence-electron chi connectivity index (χ2n) is 7.21. The zero-order chi connectivity index (χ0) is 22.5. The van der Waals surface area contributed by atoms with Gasteiger partial charge in [-0.3, -0.25) is 19.3 Å². The van der Waals surface area contributed by atoms with Crippen LogP contribution in [-0.2, 0) is 9.59 Å². The van der Waals surface area contributed by atoms with Crippen LogP contribution in [0, 0.1) is 0 Å². The molecule has 0 aliphatic carbocycles. The number of thioether (sulfide) groups is 1. The summed E-state index contributed by atoms with van der Waals surface area (Å²) in [6, 6.07) is 12.5. The van der Waals surface area contributed by atoms with Gasteiger partial charge in [-0.05, 0) is 66.6 Å². The SMILES string of the molecule is CCOc1ccc(Cl)cc1/C=C1/SC(=O)N(CC(=O)Nc2ccc(C(C)C)cc2)C1=O. The van der Waals surface area contributed by atoms with E-state index in [2.05, 4.69) is 19.2 Å². The molecule has 2 aromatic rings. The molecule has 0 spiro atoms.